The van der Waals surface area contributed by atoms with Crippen molar-refractivity contribution in [2.75, 3.05) is 66.7 Å². The summed E-state index contributed by atoms with van der Waals surface area (Å²) in [7, 11) is 3.83. The summed E-state index contributed by atoms with van der Waals surface area (Å²) >= 11 is 0. The first-order valence-corrected chi connectivity index (χ1v) is 33.0. The van der Waals surface area contributed by atoms with Gasteiger partial charge in [-0.2, -0.15) is 0 Å². The van der Waals surface area contributed by atoms with Gasteiger partial charge in [0.15, 0.2) is 0 Å². The van der Waals surface area contributed by atoms with E-state index in [0.717, 1.165) is 57.9 Å². The number of rotatable bonds is 33. The lowest BCUT2D eigenvalue weighted by Crippen LogP contribution is -2.55. The average molecular weight is 1140 g/mol. The van der Waals surface area contributed by atoms with Crippen LogP contribution in [0, 0.1) is 18.3 Å². The van der Waals surface area contributed by atoms with Gasteiger partial charge in [0, 0.05) is 24.9 Å². The van der Waals surface area contributed by atoms with Crippen molar-refractivity contribution in [3.63, 3.8) is 0 Å². The molecule has 3 aliphatic rings. The van der Waals surface area contributed by atoms with Crippen molar-refractivity contribution in [1.82, 2.24) is 14.7 Å². The minimum absolute atomic E-state index is 0.0119. The molecular formula is C68H135N3O9. The van der Waals surface area contributed by atoms with E-state index in [-0.39, 0.29) is 61.3 Å². The fourth-order valence-electron chi connectivity index (χ4n) is 7.42. The minimum Gasteiger partial charge on any atom is -0.465 e. The summed E-state index contributed by atoms with van der Waals surface area (Å²) in [5.74, 6) is 2.06. The molecule has 0 N–H and O–H groups in total. The average Bonchev–Trinajstić information content (AvgIpc) is 3.41. The number of carbonyl (C=O) groups is 5. The highest BCUT2D eigenvalue weighted by Crippen LogP contribution is 2.27. The molecule has 12 nitrogen and oxygen atoms in total. The van der Waals surface area contributed by atoms with E-state index in [1.807, 2.05) is 41.8 Å². The zero-order chi connectivity index (χ0) is 62.0. The van der Waals surface area contributed by atoms with E-state index in [9.17, 15) is 24.0 Å². The van der Waals surface area contributed by atoms with E-state index in [1.165, 1.54) is 134 Å². The zero-order valence-electron chi connectivity index (χ0n) is 56.3. The van der Waals surface area contributed by atoms with Crippen molar-refractivity contribution in [1.29, 1.82) is 0 Å². The molecule has 2 heterocycles. The number of hydrogen-bond donors (Lipinski definition) is 0. The molecule has 2 unspecified atom stereocenters. The third kappa shape index (κ3) is 62.2. The molecular weight excluding hydrogens is 1000 g/mol. The molecule has 0 aromatic rings. The second-order valence-corrected chi connectivity index (χ2v) is 20.7. The van der Waals surface area contributed by atoms with Crippen LogP contribution in [0.15, 0.2) is 11.6 Å². The van der Waals surface area contributed by atoms with Crippen LogP contribution in [0.2, 0.25) is 0 Å². The van der Waals surface area contributed by atoms with Gasteiger partial charge in [0.2, 0.25) is 0 Å². The molecule has 2 saturated heterocycles. The first-order chi connectivity index (χ1) is 38.6. The second kappa shape index (κ2) is 71.7. The molecule has 0 aromatic carbocycles. The maximum absolute atomic E-state index is 11.8. The topological polar surface area (TPSA) is 132 Å². The smallest absolute Gasteiger partial charge is 0.410 e. The lowest BCUT2D eigenvalue weighted by molar-refractivity contribution is -0.146. The number of hydrogen-bond acceptors (Lipinski definition) is 11. The highest BCUT2D eigenvalue weighted by atomic mass is 16.6. The largest absolute Gasteiger partial charge is 0.465 e. The quantitative estimate of drug-likeness (QED) is 0.0205. The van der Waals surface area contributed by atoms with Crippen LogP contribution in [0.3, 0.4) is 0 Å². The van der Waals surface area contributed by atoms with Crippen LogP contribution in [-0.4, -0.2) is 123 Å². The Morgan fingerprint density at radius 3 is 1.31 bits per heavy atom. The van der Waals surface area contributed by atoms with Gasteiger partial charge < -0.3 is 23.8 Å². The van der Waals surface area contributed by atoms with Gasteiger partial charge >= 0.3 is 24.0 Å². The predicted molar refractivity (Wildman–Crippen MR) is 343 cm³/mol. The van der Waals surface area contributed by atoms with Crippen LogP contribution < -0.4 is 0 Å². The summed E-state index contributed by atoms with van der Waals surface area (Å²) < 4.78 is 20.5. The fraction of sp³-hybridized carbons (Fsp3) is 0.868. The number of esters is 3. The highest BCUT2D eigenvalue weighted by Gasteiger charge is 2.35. The first kappa shape index (κ1) is 87.8. The molecule has 0 radical (unpaired) electrons. The number of likely N-dealkylation sites (N-methyl/N-ethyl adjacent to an activating group) is 2. The number of nitrogens with zero attached hydrogens (tertiary/aromatic N) is 3. The van der Waals surface area contributed by atoms with Gasteiger partial charge in [-0.1, -0.05) is 250 Å². The van der Waals surface area contributed by atoms with Crippen molar-refractivity contribution in [3.05, 3.63) is 11.6 Å². The van der Waals surface area contributed by atoms with E-state index < -0.39 is 0 Å². The van der Waals surface area contributed by atoms with Crippen molar-refractivity contribution < 1.29 is 42.9 Å². The summed E-state index contributed by atoms with van der Waals surface area (Å²) in [6.07, 6.45) is 41.6. The van der Waals surface area contributed by atoms with Gasteiger partial charge in [-0.25, -0.2) is 4.79 Å². The van der Waals surface area contributed by atoms with E-state index in [4.69, 9.17) is 25.4 Å². The predicted octanol–water partition coefficient (Wildman–Crippen LogP) is 18.4. The molecule has 0 bridgehead atoms. The number of likely N-dealkylation sites (tertiary alicyclic amines) is 2. The lowest BCUT2D eigenvalue weighted by Gasteiger charge is -2.41. The van der Waals surface area contributed by atoms with E-state index in [1.54, 1.807) is 16.7 Å². The summed E-state index contributed by atoms with van der Waals surface area (Å²) in [4.78, 5) is 62.8. The number of carbonyl (C=O) groups excluding carboxylic acids is 5. The Balaban J connectivity index is -0.000000213. The van der Waals surface area contributed by atoms with Gasteiger partial charge in [-0.05, 0) is 78.9 Å². The van der Waals surface area contributed by atoms with Crippen LogP contribution in [0.5, 0.6) is 0 Å². The van der Waals surface area contributed by atoms with Gasteiger partial charge in [0.25, 0.3) is 0 Å². The van der Waals surface area contributed by atoms with Gasteiger partial charge in [-0.15, -0.1) is 6.42 Å². The number of Topliss-reactive ketones (excluding diaryl/α,β-unsaturated/α-hetero) is 1. The zero-order valence-corrected chi connectivity index (χ0v) is 56.3. The maximum atomic E-state index is 11.8. The molecule has 12 heteroatoms. The second-order valence-electron chi connectivity index (χ2n) is 20.7. The molecule has 3 fully saturated rings. The van der Waals surface area contributed by atoms with Crippen molar-refractivity contribution in [3.8, 4) is 12.3 Å². The Morgan fingerprint density at radius 2 is 0.975 bits per heavy atom. The van der Waals surface area contributed by atoms with Crippen LogP contribution in [-0.2, 0) is 38.1 Å². The molecule has 476 valence electrons. The van der Waals surface area contributed by atoms with Gasteiger partial charge in [0.1, 0.15) is 25.4 Å². The number of ether oxygens (including phenoxy) is 4. The molecule has 0 aromatic heterocycles. The van der Waals surface area contributed by atoms with Crippen LogP contribution in [0.25, 0.3) is 0 Å². The van der Waals surface area contributed by atoms with Crippen molar-refractivity contribution >= 4 is 29.8 Å². The molecule has 1 aliphatic carbocycles. The Labute approximate surface area is 497 Å². The number of terminal acetylenes is 1. The molecule has 3 rings (SSSR count). The lowest BCUT2D eigenvalue weighted by atomic mass is 9.82. The SMILES string of the molecule is C#CCC(=O)OCCCCCCCC.CC.CC.CC/C=C(/C)CC.CCC.CCC(=O)OCC1CCN1C(=O)OCC1CCN1C.CCCCC.CCCCCCC.CCCCCCCCOC(=O)CN(C)CC(=O)C1CCC1. The van der Waals surface area contributed by atoms with E-state index in [0.29, 0.717) is 45.4 Å². The number of allylic oxidation sites excluding steroid dienone is 2. The highest BCUT2D eigenvalue weighted by molar-refractivity contribution is 5.84. The molecule has 2 aliphatic heterocycles. The van der Waals surface area contributed by atoms with Crippen LogP contribution in [0.1, 0.15) is 303 Å². The maximum Gasteiger partial charge on any atom is 0.410 e. The molecule has 0 spiro atoms. The number of amides is 1. The van der Waals surface area contributed by atoms with E-state index in [2.05, 4.69) is 93.1 Å². The Bertz CT molecular complexity index is 1410. The minimum atomic E-state index is -0.288. The normalized spacial score (nSPS) is 14.6. The third-order valence-electron chi connectivity index (χ3n) is 13.1. The fourth-order valence-corrected chi connectivity index (χ4v) is 7.42. The standard InChI is InChI=1S/C17H31NO3.C13H22N2O4.C12H20O2.C7H14.C7H16.C5H12.C3H8.2C2H6/c1-3-4-5-6-7-8-12-21-17(20)14-18(2)13-16(19)15-10-9-11-15;1-3-12(16)18-9-11-5-7-15(11)13(17)19-8-10-4-6-14(10)2;1-3-5-6-7-8-9-11-14-12(13)10-4-2;1-4-6-7(3)5-2;1-3-5-7-6-4-2;1-3-5-4-2;1-3-2;2*1-2/h15H,3-14H2,1-2H3;10-11H,3-9H2,1-2H3;2H,3,5-11H2,1H3;6H,4-5H2,1-3H3;3-7H2,1-2H3;3-5H2,1-2H3;3H2,1-2H3;2*1-2H3/b;;;7-6-;;;;;. The summed E-state index contributed by atoms with van der Waals surface area (Å²) in [5.41, 5.74) is 1.50. The summed E-state index contributed by atoms with van der Waals surface area (Å²) in [6, 6.07) is 0.351. The van der Waals surface area contributed by atoms with Gasteiger partial charge in [-0.3, -0.25) is 29.0 Å². The summed E-state index contributed by atoms with van der Waals surface area (Å²) in [6.45, 7) is 37.9. The van der Waals surface area contributed by atoms with Crippen LogP contribution >= 0.6 is 0 Å². The molecule has 80 heavy (non-hydrogen) atoms. The van der Waals surface area contributed by atoms with E-state index >= 15 is 0 Å². The Morgan fingerprint density at radius 1 is 0.537 bits per heavy atom. The first-order valence-electron chi connectivity index (χ1n) is 33.0. The third-order valence-corrected chi connectivity index (χ3v) is 13.1. The monoisotopic (exact) mass is 1140 g/mol. The molecule has 1 amide bonds. The number of ketones is 1. The Kier molecular flexibility index (Phi) is 78.7. The Hall–Kier alpha value is -3.43. The van der Waals surface area contributed by atoms with Gasteiger partial charge in [0.05, 0.1) is 32.3 Å². The van der Waals surface area contributed by atoms with Crippen LogP contribution in [0.4, 0.5) is 4.79 Å². The van der Waals surface area contributed by atoms with Crippen molar-refractivity contribution in [2.45, 2.75) is 315 Å². The molecule has 2 atom stereocenters. The molecule has 1 saturated carbocycles. The number of unbranched alkanes of at least 4 members (excludes halogenated alkanes) is 16. The summed E-state index contributed by atoms with van der Waals surface area (Å²) in [5, 5.41) is 0. The van der Waals surface area contributed by atoms with Crippen molar-refractivity contribution in [2.24, 2.45) is 5.92 Å².